The van der Waals surface area contributed by atoms with E-state index < -0.39 is 5.41 Å². The van der Waals surface area contributed by atoms with Crippen LogP contribution in [-0.2, 0) is 4.79 Å². The van der Waals surface area contributed by atoms with E-state index in [0.717, 1.165) is 0 Å². The molecule has 0 aliphatic rings. The molecular formula is C22H20ClN3O2. The van der Waals surface area contributed by atoms with Gasteiger partial charge < -0.3 is 0 Å². The molecule has 3 aromatic rings. The molecule has 142 valence electrons. The fraction of sp³-hybridized carbons (Fsp3) is 0.182. The van der Waals surface area contributed by atoms with E-state index in [1.165, 1.54) is 10.9 Å². The van der Waals surface area contributed by atoms with Gasteiger partial charge in [0, 0.05) is 16.0 Å². The molecule has 0 saturated carbocycles. The first-order chi connectivity index (χ1) is 13.3. The molecule has 6 heteroatoms. The Morgan fingerprint density at radius 3 is 2.11 bits per heavy atom. The van der Waals surface area contributed by atoms with Gasteiger partial charge in [0.1, 0.15) is 5.70 Å². The fourth-order valence-electron chi connectivity index (χ4n) is 2.75. The molecule has 1 aromatic heterocycles. The number of allylic oxidation sites excluding steroid dienone is 2. The Labute approximate surface area is 168 Å². The number of Topliss-reactive ketones (excluding diaryl/α,β-unsaturated/α-hetero) is 2. The van der Waals surface area contributed by atoms with Gasteiger partial charge >= 0.3 is 0 Å². The van der Waals surface area contributed by atoms with E-state index in [1.807, 2.05) is 51.1 Å². The quantitative estimate of drug-likeness (QED) is 0.461. The Kier molecular flexibility index (Phi) is 5.56. The van der Waals surface area contributed by atoms with Crippen molar-refractivity contribution < 1.29 is 9.59 Å². The predicted molar refractivity (Wildman–Crippen MR) is 110 cm³/mol. The van der Waals surface area contributed by atoms with E-state index in [9.17, 15) is 9.59 Å². The van der Waals surface area contributed by atoms with Crippen molar-refractivity contribution in [2.75, 3.05) is 0 Å². The third-order valence-electron chi connectivity index (χ3n) is 4.18. The van der Waals surface area contributed by atoms with Crippen LogP contribution in [0.5, 0.6) is 0 Å². The zero-order chi connectivity index (χ0) is 20.3. The Morgan fingerprint density at radius 2 is 1.57 bits per heavy atom. The minimum absolute atomic E-state index is 0.158. The van der Waals surface area contributed by atoms with Crippen molar-refractivity contribution in [3.8, 4) is 0 Å². The highest BCUT2D eigenvalue weighted by molar-refractivity contribution is 6.41. The molecule has 0 saturated heterocycles. The number of aromatic nitrogens is 3. The van der Waals surface area contributed by atoms with Gasteiger partial charge in [-0.1, -0.05) is 67.9 Å². The van der Waals surface area contributed by atoms with Crippen LogP contribution in [0.4, 0.5) is 0 Å². The van der Waals surface area contributed by atoms with Crippen molar-refractivity contribution in [3.05, 3.63) is 83.1 Å². The maximum absolute atomic E-state index is 13.5. The summed E-state index contributed by atoms with van der Waals surface area (Å²) in [5.74, 6) is -0.495. The first-order valence-corrected chi connectivity index (χ1v) is 9.18. The second kappa shape index (κ2) is 7.90. The smallest absolute Gasteiger partial charge is 0.212 e. The summed E-state index contributed by atoms with van der Waals surface area (Å²) in [5.41, 5.74) is 0.821. The van der Waals surface area contributed by atoms with Crippen LogP contribution >= 0.6 is 11.6 Å². The van der Waals surface area contributed by atoms with Gasteiger partial charge in [0.25, 0.3) is 0 Å². The largest absolute Gasteiger partial charge is 0.293 e. The van der Waals surface area contributed by atoms with Crippen LogP contribution in [0.1, 0.15) is 36.7 Å². The lowest BCUT2D eigenvalue weighted by atomic mass is 9.82. The monoisotopic (exact) mass is 393 g/mol. The molecule has 0 fully saturated rings. The normalized spacial score (nSPS) is 12.4. The zero-order valence-corrected chi connectivity index (χ0v) is 16.6. The van der Waals surface area contributed by atoms with Crippen molar-refractivity contribution in [2.24, 2.45) is 5.41 Å². The fourth-order valence-corrected chi connectivity index (χ4v) is 2.88. The summed E-state index contributed by atoms with van der Waals surface area (Å²) in [6, 6.07) is 15.7. The van der Waals surface area contributed by atoms with Gasteiger partial charge in [-0.3, -0.25) is 9.59 Å². The Morgan fingerprint density at radius 1 is 0.929 bits per heavy atom. The van der Waals surface area contributed by atoms with E-state index in [0.29, 0.717) is 21.7 Å². The summed E-state index contributed by atoms with van der Waals surface area (Å²) >= 11 is 5.96. The summed E-state index contributed by atoms with van der Waals surface area (Å²) in [6.07, 6.45) is 3.03. The predicted octanol–water partition coefficient (Wildman–Crippen LogP) is 4.80. The number of carbonyl (C=O) groups excluding carboxylic acids is 2. The summed E-state index contributed by atoms with van der Waals surface area (Å²) in [6.45, 7) is 5.47. The third-order valence-corrected chi connectivity index (χ3v) is 4.43. The lowest BCUT2D eigenvalue weighted by Gasteiger charge is -2.22. The second-order valence-electron chi connectivity index (χ2n) is 7.35. The Balaban J connectivity index is 2.32. The number of ketones is 2. The minimum atomic E-state index is -0.697. The van der Waals surface area contributed by atoms with Gasteiger partial charge in [-0.05, 0) is 29.8 Å². The van der Waals surface area contributed by atoms with Crippen molar-refractivity contribution in [3.63, 3.8) is 0 Å². The third kappa shape index (κ3) is 4.10. The Bertz CT molecular complexity index is 1020. The van der Waals surface area contributed by atoms with E-state index in [1.54, 1.807) is 30.5 Å². The van der Waals surface area contributed by atoms with Gasteiger partial charge in [0.2, 0.25) is 5.78 Å². The Hall–Kier alpha value is -3.05. The summed E-state index contributed by atoms with van der Waals surface area (Å²) in [7, 11) is 0. The second-order valence-corrected chi connectivity index (χ2v) is 7.79. The van der Waals surface area contributed by atoms with Gasteiger partial charge in [-0.2, -0.15) is 0 Å². The summed E-state index contributed by atoms with van der Waals surface area (Å²) in [4.78, 5) is 26.9. The zero-order valence-electron chi connectivity index (χ0n) is 15.9. The molecule has 28 heavy (non-hydrogen) atoms. The van der Waals surface area contributed by atoms with E-state index in [4.69, 9.17) is 11.6 Å². The number of hydrogen-bond acceptors (Lipinski definition) is 4. The maximum atomic E-state index is 13.5. The molecule has 0 atom stereocenters. The van der Waals surface area contributed by atoms with Crippen LogP contribution < -0.4 is 0 Å². The van der Waals surface area contributed by atoms with Crippen LogP contribution in [0, 0.1) is 5.41 Å². The first-order valence-electron chi connectivity index (χ1n) is 8.80. The molecule has 0 spiro atoms. The van der Waals surface area contributed by atoms with Crippen molar-refractivity contribution in [1.29, 1.82) is 0 Å². The molecule has 0 aliphatic heterocycles. The standard InChI is InChI=1S/C22H20ClN3O2/c1-22(2,3)21(28)18(15-7-5-4-6-8-15)19(26-14-13-24-25-26)20(27)16-9-11-17(23)12-10-16/h4-14H,1-3H3. The lowest BCUT2D eigenvalue weighted by molar-refractivity contribution is -0.120. The maximum Gasteiger partial charge on any atom is 0.212 e. The van der Waals surface area contributed by atoms with Crippen LogP contribution in [0.2, 0.25) is 5.02 Å². The van der Waals surface area contributed by atoms with E-state index in [2.05, 4.69) is 10.3 Å². The van der Waals surface area contributed by atoms with E-state index >= 15 is 0 Å². The van der Waals surface area contributed by atoms with Crippen LogP contribution in [0.25, 0.3) is 11.3 Å². The molecule has 1 heterocycles. The number of carbonyl (C=O) groups is 2. The number of hydrogen-bond donors (Lipinski definition) is 0. The highest BCUT2D eigenvalue weighted by Crippen LogP contribution is 2.32. The van der Waals surface area contributed by atoms with Gasteiger partial charge in [0.05, 0.1) is 18.0 Å². The molecule has 3 rings (SSSR count). The molecule has 2 aromatic carbocycles. The average molecular weight is 394 g/mol. The van der Waals surface area contributed by atoms with E-state index in [-0.39, 0.29) is 17.3 Å². The summed E-state index contributed by atoms with van der Waals surface area (Å²) in [5, 5.41) is 8.35. The molecule has 0 unspecified atom stereocenters. The average Bonchev–Trinajstić information content (AvgIpc) is 3.20. The van der Waals surface area contributed by atoms with Gasteiger partial charge in [-0.15, -0.1) is 5.10 Å². The van der Waals surface area contributed by atoms with Crippen molar-refractivity contribution >= 4 is 34.4 Å². The first kappa shape index (κ1) is 19.7. The van der Waals surface area contributed by atoms with Gasteiger partial charge in [0.15, 0.2) is 5.78 Å². The van der Waals surface area contributed by atoms with Crippen LogP contribution in [0.3, 0.4) is 0 Å². The number of halogens is 1. The molecule has 5 nitrogen and oxygen atoms in total. The molecule has 0 radical (unpaired) electrons. The van der Waals surface area contributed by atoms with Crippen molar-refractivity contribution in [2.45, 2.75) is 20.8 Å². The molecule has 0 N–H and O–H groups in total. The molecule has 0 bridgehead atoms. The number of benzene rings is 2. The topological polar surface area (TPSA) is 64.8 Å². The SMILES string of the molecule is CC(C)(C)C(=O)C(=C(C(=O)c1ccc(Cl)cc1)n1ccnn1)c1ccccc1. The number of rotatable bonds is 5. The highest BCUT2D eigenvalue weighted by Gasteiger charge is 2.32. The molecule has 0 aliphatic carbocycles. The van der Waals surface area contributed by atoms with Crippen LogP contribution in [0.15, 0.2) is 67.0 Å². The highest BCUT2D eigenvalue weighted by atomic mass is 35.5. The molecule has 0 amide bonds. The minimum Gasteiger partial charge on any atom is -0.293 e. The van der Waals surface area contributed by atoms with Crippen molar-refractivity contribution in [1.82, 2.24) is 15.0 Å². The lowest BCUT2D eigenvalue weighted by Crippen LogP contribution is -2.25. The van der Waals surface area contributed by atoms with Gasteiger partial charge in [-0.25, -0.2) is 4.68 Å². The molecular weight excluding hydrogens is 374 g/mol. The number of nitrogens with zero attached hydrogens (tertiary/aromatic N) is 3. The summed E-state index contributed by atoms with van der Waals surface area (Å²) < 4.78 is 1.35. The van der Waals surface area contributed by atoms with Crippen LogP contribution in [-0.4, -0.2) is 26.6 Å².